The molecule has 1 aliphatic rings. The number of carbonyl (C=O) groups is 1. The van der Waals surface area contributed by atoms with Gasteiger partial charge in [0.1, 0.15) is 0 Å². The number of amides is 1. The largest absolute Gasteiger partial charge is 0.378 e. The van der Waals surface area contributed by atoms with E-state index in [-0.39, 0.29) is 5.91 Å². The van der Waals surface area contributed by atoms with Crippen LogP contribution in [0.5, 0.6) is 0 Å². The van der Waals surface area contributed by atoms with Crippen molar-refractivity contribution in [3.8, 4) is 0 Å². The van der Waals surface area contributed by atoms with Crippen LogP contribution in [0.1, 0.15) is 15.9 Å². The molecule has 0 bridgehead atoms. The van der Waals surface area contributed by atoms with E-state index in [0.29, 0.717) is 0 Å². The van der Waals surface area contributed by atoms with E-state index in [1.807, 2.05) is 48.2 Å². The van der Waals surface area contributed by atoms with E-state index in [4.69, 9.17) is 0 Å². The van der Waals surface area contributed by atoms with Crippen LogP contribution in [0.3, 0.4) is 0 Å². The minimum atomic E-state index is 0.133. The fraction of sp³-hybridized carbons (Fsp3) is 0.348. The lowest BCUT2D eigenvalue weighted by atomic mass is 10.1. The molecule has 0 saturated carbocycles. The van der Waals surface area contributed by atoms with Crippen molar-refractivity contribution in [3.05, 3.63) is 65.9 Å². The molecule has 2 heterocycles. The van der Waals surface area contributed by atoms with Gasteiger partial charge in [-0.25, -0.2) is 0 Å². The molecule has 1 fully saturated rings. The molecule has 1 amide bonds. The highest BCUT2D eigenvalue weighted by Gasteiger charge is 2.23. The number of para-hydroxylation sites is 1. The number of hydrogen-bond acceptors (Lipinski definition) is 3. The van der Waals surface area contributed by atoms with Crippen LogP contribution in [0.4, 0.5) is 5.69 Å². The Bertz CT molecular complexity index is 983. The summed E-state index contributed by atoms with van der Waals surface area (Å²) in [5.74, 6) is 0.133. The predicted molar refractivity (Wildman–Crippen MR) is 115 cm³/mol. The Hall–Kier alpha value is -2.79. The Morgan fingerprint density at radius 2 is 1.75 bits per heavy atom. The van der Waals surface area contributed by atoms with Crippen molar-refractivity contribution in [2.24, 2.45) is 7.05 Å². The Kier molecular flexibility index (Phi) is 5.09. The van der Waals surface area contributed by atoms with Gasteiger partial charge in [0.05, 0.1) is 0 Å². The molecule has 1 aliphatic heterocycles. The van der Waals surface area contributed by atoms with Gasteiger partial charge in [0.2, 0.25) is 0 Å². The molecule has 4 rings (SSSR count). The first-order valence-electron chi connectivity index (χ1n) is 9.85. The number of aromatic nitrogens is 1. The number of piperazine rings is 1. The summed E-state index contributed by atoms with van der Waals surface area (Å²) in [7, 11) is 6.09. The Labute approximate surface area is 166 Å². The summed E-state index contributed by atoms with van der Waals surface area (Å²) >= 11 is 0. The highest BCUT2D eigenvalue weighted by Crippen LogP contribution is 2.22. The smallest absolute Gasteiger partial charge is 0.254 e. The first-order valence-corrected chi connectivity index (χ1v) is 9.85. The molecule has 5 heteroatoms. The monoisotopic (exact) mass is 376 g/mol. The van der Waals surface area contributed by atoms with E-state index in [1.54, 1.807) is 0 Å². The summed E-state index contributed by atoms with van der Waals surface area (Å²) in [6.07, 6.45) is 2.23. The molecule has 0 atom stereocenters. The second-order valence-corrected chi connectivity index (χ2v) is 7.80. The zero-order valence-corrected chi connectivity index (χ0v) is 16.9. The van der Waals surface area contributed by atoms with Crippen LogP contribution in [0.25, 0.3) is 10.9 Å². The van der Waals surface area contributed by atoms with Gasteiger partial charge in [0, 0.05) is 82.2 Å². The number of aryl methyl sites for hydroxylation is 1. The number of nitrogens with zero attached hydrogens (tertiary/aromatic N) is 4. The van der Waals surface area contributed by atoms with Gasteiger partial charge in [-0.2, -0.15) is 0 Å². The molecule has 0 spiro atoms. The van der Waals surface area contributed by atoms with Crippen LogP contribution in [0.2, 0.25) is 0 Å². The van der Waals surface area contributed by atoms with Crippen LogP contribution in [-0.2, 0) is 13.6 Å². The molecule has 3 aromatic rings. The van der Waals surface area contributed by atoms with Crippen molar-refractivity contribution in [1.82, 2.24) is 14.4 Å². The van der Waals surface area contributed by atoms with E-state index >= 15 is 0 Å². The van der Waals surface area contributed by atoms with Crippen LogP contribution < -0.4 is 4.90 Å². The summed E-state index contributed by atoms with van der Waals surface area (Å²) in [5.41, 5.74) is 4.46. The molecule has 5 nitrogen and oxygen atoms in total. The maximum atomic E-state index is 12.9. The molecule has 146 valence electrons. The van der Waals surface area contributed by atoms with Crippen molar-refractivity contribution in [3.63, 3.8) is 0 Å². The van der Waals surface area contributed by atoms with E-state index in [1.165, 1.54) is 16.5 Å². The van der Waals surface area contributed by atoms with Gasteiger partial charge in [0.15, 0.2) is 0 Å². The zero-order chi connectivity index (χ0) is 19.7. The zero-order valence-electron chi connectivity index (χ0n) is 16.9. The molecule has 0 unspecified atom stereocenters. The maximum absolute atomic E-state index is 12.9. The number of hydrogen-bond donors (Lipinski definition) is 0. The van der Waals surface area contributed by atoms with Crippen LogP contribution in [0.15, 0.2) is 54.7 Å². The van der Waals surface area contributed by atoms with Gasteiger partial charge in [-0.3, -0.25) is 9.69 Å². The van der Waals surface area contributed by atoms with E-state index in [0.717, 1.165) is 44.0 Å². The van der Waals surface area contributed by atoms with Crippen LogP contribution >= 0.6 is 0 Å². The first-order chi connectivity index (χ1) is 13.5. The van der Waals surface area contributed by atoms with E-state index in [9.17, 15) is 4.79 Å². The lowest BCUT2D eigenvalue weighted by molar-refractivity contribution is 0.0629. The standard InChI is InChI=1S/C23H28N4O/c1-24(2)20-8-6-7-18(15-20)23(28)27-13-11-26(12-14-27)17-19-16-25(3)22-10-5-4-9-21(19)22/h4-10,15-16H,11-14,17H2,1-3H3. The van der Waals surface area contributed by atoms with Crippen LogP contribution in [0, 0.1) is 0 Å². The molecule has 1 aromatic heterocycles. The van der Waals surface area contributed by atoms with Gasteiger partial charge in [-0.1, -0.05) is 24.3 Å². The minimum Gasteiger partial charge on any atom is -0.378 e. The SMILES string of the molecule is CN(C)c1cccc(C(=O)N2CCN(Cc3cn(C)c4ccccc34)CC2)c1. The number of anilines is 1. The van der Waals surface area contributed by atoms with Crippen molar-refractivity contribution in [2.45, 2.75) is 6.54 Å². The summed E-state index contributed by atoms with van der Waals surface area (Å²) in [6, 6.07) is 16.4. The Morgan fingerprint density at radius 1 is 1.00 bits per heavy atom. The molecule has 0 N–H and O–H groups in total. The van der Waals surface area contributed by atoms with Crippen molar-refractivity contribution in [2.75, 3.05) is 45.2 Å². The fourth-order valence-corrected chi connectivity index (χ4v) is 4.00. The third-order valence-corrected chi connectivity index (χ3v) is 5.64. The molecule has 28 heavy (non-hydrogen) atoms. The van der Waals surface area contributed by atoms with E-state index in [2.05, 4.69) is 47.0 Å². The summed E-state index contributed by atoms with van der Waals surface area (Å²) in [4.78, 5) is 19.4. The van der Waals surface area contributed by atoms with Gasteiger partial charge in [0.25, 0.3) is 5.91 Å². The predicted octanol–water partition coefficient (Wildman–Crippen LogP) is 3.20. The molecule has 1 saturated heterocycles. The lowest BCUT2D eigenvalue weighted by Crippen LogP contribution is -2.48. The second kappa shape index (κ2) is 7.68. The molecular weight excluding hydrogens is 348 g/mol. The average Bonchev–Trinajstić information content (AvgIpc) is 3.04. The van der Waals surface area contributed by atoms with Gasteiger partial charge >= 0.3 is 0 Å². The maximum Gasteiger partial charge on any atom is 0.254 e. The fourth-order valence-electron chi connectivity index (χ4n) is 4.00. The topological polar surface area (TPSA) is 31.7 Å². The number of benzene rings is 2. The average molecular weight is 377 g/mol. The number of rotatable bonds is 4. The summed E-state index contributed by atoms with van der Waals surface area (Å²) in [6.45, 7) is 4.29. The van der Waals surface area contributed by atoms with E-state index < -0.39 is 0 Å². The van der Waals surface area contributed by atoms with Gasteiger partial charge in [-0.05, 0) is 29.8 Å². The quantitative estimate of drug-likeness (QED) is 0.701. The highest BCUT2D eigenvalue weighted by atomic mass is 16.2. The molecule has 0 aliphatic carbocycles. The molecule has 2 aromatic carbocycles. The molecular formula is C23H28N4O. The second-order valence-electron chi connectivity index (χ2n) is 7.80. The Morgan fingerprint density at radius 3 is 2.50 bits per heavy atom. The first kappa shape index (κ1) is 18.6. The lowest BCUT2D eigenvalue weighted by Gasteiger charge is -2.34. The van der Waals surface area contributed by atoms with Crippen molar-refractivity contribution in [1.29, 1.82) is 0 Å². The Balaban J connectivity index is 1.40. The highest BCUT2D eigenvalue weighted by molar-refractivity contribution is 5.95. The van der Waals surface area contributed by atoms with Crippen molar-refractivity contribution >= 4 is 22.5 Å². The summed E-state index contributed by atoms with van der Waals surface area (Å²) in [5, 5.41) is 1.32. The minimum absolute atomic E-state index is 0.133. The van der Waals surface area contributed by atoms with Crippen LogP contribution in [-0.4, -0.2) is 60.5 Å². The summed E-state index contributed by atoms with van der Waals surface area (Å²) < 4.78 is 2.20. The van der Waals surface area contributed by atoms with Crippen molar-refractivity contribution < 1.29 is 4.79 Å². The third kappa shape index (κ3) is 3.62. The number of carbonyl (C=O) groups excluding carboxylic acids is 1. The third-order valence-electron chi connectivity index (χ3n) is 5.64. The van der Waals surface area contributed by atoms with Gasteiger partial charge in [-0.15, -0.1) is 0 Å². The number of fused-ring (bicyclic) bond motifs is 1. The van der Waals surface area contributed by atoms with Gasteiger partial charge < -0.3 is 14.4 Å². The molecule has 0 radical (unpaired) electrons. The normalized spacial score (nSPS) is 15.2.